The van der Waals surface area contributed by atoms with Crippen LogP contribution >= 0.6 is 0 Å². The van der Waals surface area contributed by atoms with Crippen LogP contribution in [0.25, 0.3) is 0 Å². The van der Waals surface area contributed by atoms with E-state index >= 15 is 0 Å². The summed E-state index contributed by atoms with van der Waals surface area (Å²) in [6.07, 6.45) is 8.85. The number of unbranched alkanes of at least 4 members (excludes halogenated alkanes) is 4. The van der Waals surface area contributed by atoms with E-state index in [1.54, 1.807) is 6.07 Å². The van der Waals surface area contributed by atoms with Gasteiger partial charge >= 0.3 is 0 Å². The summed E-state index contributed by atoms with van der Waals surface area (Å²) in [5.74, 6) is -0.879. The lowest BCUT2D eigenvalue weighted by Crippen LogP contribution is -2.23. The molecular weight excluding hydrogens is 254 g/mol. The zero-order chi connectivity index (χ0) is 15.0. The van der Waals surface area contributed by atoms with Crippen LogP contribution in [0.1, 0.15) is 77.7 Å². The molecule has 2 heteroatoms. The van der Waals surface area contributed by atoms with Crippen molar-refractivity contribution in [3.8, 4) is 0 Å². The molecule has 0 aliphatic carbocycles. The Hall–Kier alpha value is -0.920. The molecule has 1 rings (SSSR count). The Balaban J connectivity index is 2.89. The lowest BCUT2D eigenvalue weighted by Gasteiger charge is -2.31. The van der Waals surface area contributed by atoms with E-state index in [1.807, 2.05) is 0 Å². The Morgan fingerprint density at radius 3 is 1.90 bits per heavy atom. The van der Waals surface area contributed by atoms with Gasteiger partial charge < -0.3 is 0 Å². The van der Waals surface area contributed by atoms with E-state index in [9.17, 15) is 8.78 Å². The van der Waals surface area contributed by atoms with E-state index in [0.29, 0.717) is 5.56 Å². The molecule has 0 atom stereocenters. The lowest BCUT2D eigenvalue weighted by molar-refractivity contribution is 0.352. The number of halogens is 2. The van der Waals surface area contributed by atoms with Crippen molar-refractivity contribution < 1.29 is 8.78 Å². The van der Waals surface area contributed by atoms with Crippen molar-refractivity contribution in [3.63, 3.8) is 0 Å². The Morgan fingerprint density at radius 1 is 0.900 bits per heavy atom. The van der Waals surface area contributed by atoms with Crippen molar-refractivity contribution in [2.75, 3.05) is 0 Å². The third kappa shape index (κ3) is 4.88. The highest BCUT2D eigenvalue weighted by molar-refractivity contribution is 5.27. The molecule has 1 aromatic rings. The van der Waals surface area contributed by atoms with Crippen molar-refractivity contribution in [2.24, 2.45) is 0 Å². The first-order chi connectivity index (χ1) is 9.53. The summed E-state index contributed by atoms with van der Waals surface area (Å²) in [7, 11) is 0. The van der Waals surface area contributed by atoms with Gasteiger partial charge in [-0.15, -0.1) is 0 Å². The molecule has 0 aliphatic heterocycles. The number of rotatable bonds is 9. The molecule has 0 amide bonds. The molecular formula is C18H28F2. The first-order valence-electron chi connectivity index (χ1n) is 7.99. The van der Waals surface area contributed by atoms with E-state index in [-0.39, 0.29) is 11.2 Å². The minimum absolute atomic E-state index is 0.165. The Morgan fingerprint density at radius 2 is 1.45 bits per heavy atom. The van der Waals surface area contributed by atoms with Crippen LogP contribution in [-0.4, -0.2) is 0 Å². The SMILES string of the molecule is CCCCCC(C)(CCCCC)c1ccc(F)cc1F. The van der Waals surface area contributed by atoms with Crippen molar-refractivity contribution in [1.82, 2.24) is 0 Å². The first-order valence-corrected chi connectivity index (χ1v) is 7.99. The van der Waals surface area contributed by atoms with Gasteiger partial charge in [0.25, 0.3) is 0 Å². The topological polar surface area (TPSA) is 0 Å². The smallest absolute Gasteiger partial charge is 0.129 e. The average Bonchev–Trinajstić information content (AvgIpc) is 2.39. The second-order valence-corrected chi connectivity index (χ2v) is 6.10. The van der Waals surface area contributed by atoms with Gasteiger partial charge in [-0.3, -0.25) is 0 Å². The highest BCUT2D eigenvalue weighted by atomic mass is 19.1. The van der Waals surface area contributed by atoms with Crippen LogP contribution in [-0.2, 0) is 5.41 Å². The maximum Gasteiger partial charge on any atom is 0.129 e. The van der Waals surface area contributed by atoms with Crippen LogP contribution in [0.3, 0.4) is 0 Å². The molecule has 1 aromatic carbocycles. The quantitative estimate of drug-likeness (QED) is 0.461. The average molecular weight is 282 g/mol. The molecule has 0 radical (unpaired) electrons. The van der Waals surface area contributed by atoms with Crippen LogP contribution < -0.4 is 0 Å². The van der Waals surface area contributed by atoms with E-state index in [4.69, 9.17) is 0 Å². The fourth-order valence-electron chi connectivity index (χ4n) is 2.90. The fraction of sp³-hybridized carbons (Fsp3) is 0.667. The zero-order valence-corrected chi connectivity index (χ0v) is 13.1. The van der Waals surface area contributed by atoms with E-state index < -0.39 is 5.82 Å². The van der Waals surface area contributed by atoms with Crippen LogP contribution in [0.5, 0.6) is 0 Å². The maximum absolute atomic E-state index is 14.1. The van der Waals surface area contributed by atoms with Crippen molar-refractivity contribution in [2.45, 2.75) is 77.6 Å². The van der Waals surface area contributed by atoms with Crippen LogP contribution in [0.15, 0.2) is 18.2 Å². The van der Waals surface area contributed by atoms with Gasteiger partial charge in [0.05, 0.1) is 0 Å². The van der Waals surface area contributed by atoms with Crippen molar-refractivity contribution in [1.29, 1.82) is 0 Å². The molecule has 0 bridgehead atoms. The Bertz CT molecular complexity index is 388. The molecule has 0 aromatic heterocycles. The number of hydrogen-bond donors (Lipinski definition) is 0. The summed E-state index contributed by atoms with van der Waals surface area (Å²) >= 11 is 0. The fourth-order valence-corrected chi connectivity index (χ4v) is 2.90. The molecule has 0 nitrogen and oxygen atoms in total. The van der Waals surface area contributed by atoms with Crippen molar-refractivity contribution in [3.05, 3.63) is 35.4 Å². The summed E-state index contributed by atoms with van der Waals surface area (Å²) in [4.78, 5) is 0. The molecule has 0 N–H and O–H groups in total. The predicted octanol–water partition coefficient (Wildman–Crippen LogP) is 6.38. The standard InChI is InChI=1S/C18H28F2/c1-4-6-8-12-18(3,13-9-7-5-2)16-11-10-15(19)14-17(16)20/h10-11,14H,4-9,12-13H2,1-3H3. The number of hydrogen-bond acceptors (Lipinski definition) is 0. The van der Waals surface area contributed by atoms with Gasteiger partial charge in [0.2, 0.25) is 0 Å². The molecule has 114 valence electrons. The van der Waals surface area contributed by atoms with Gasteiger partial charge in [0, 0.05) is 6.07 Å². The Kier molecular flexibility index (Phi) is 7.18. The summed E-state index contributed by atoms with van der Waals surface area (Å²) in [6, 6.07) is 4.05. The molecule has 0 saturated carbocycles. The summed E-state index contributed by atoms with van der Waals surface area (Å²) in [5, 5.41) is 0. The third-order valence-corrected chi connectivity index (χ3v) is 4.25. The Labute approximate surface area is 122 Å². The van der Waals surface area contributed by atoms with Gasteiger partial charge in [-0.1, -0.05) is 65.4 Å². The van der Waals surface area contributed by atoms with E-state index in [1.165, 1.54) is 18.9 Å². The second kappa shape index (κ2) is 8.39. The lowest BCUT2D eigenvalue weighted by atomic mass is 9.74. The second-order valence-electron chi connectivity index (χ2n) is 6.10. The summed E-state index contributed by atoms with van der Waals surface area (Å²) < 4.78 is 27.2. The van der Waals surface area contributed by atoms with Gasteiger partial charge in [-0.25, -0.2) is 8.78 Å². The highest BCUT2D eigenvalue weighted by Crippen LogP contribution is 2.36. The van der Waals surface area contributed by atoms with Crippen LogP contribution in [0.4, 0.5) is 8.78 Å². The largest absolute Gasteiger partial charge is 0.207 e. The molecule has 0 fully saturated rings. The van der Waals surface area contributed by atoms with Crippen LogP contribution in [0, 0.1) is 11.6 Å². The number of benzene rings is 1. The van der Waals surface area contributed by atoms with Gasteiger partial charge in [-0.2, -0.15) is 0 Å². The minimum Gasteiger partial charge on any atom is -0.207 e. The summed E-state index contributed by atoms with van der Waals surface area (Å²) in [6.45, 7) is 6.48. The molecule has 0 saturated heterocycles. The van der Waals surface area contributed by atoms with E-state index in [2.05, 4.69) is 20.8 Å². The van der Waals surface area contributed by atoms with Gasteiger partial charge in [-0.05, 0) is 29.9 Å². The summed E-state index contributed by atoms with van der Waals surface area (Å²) in [5.41, 5.74) is 0.522. The predicted molar refractivity (Wildman–Crippen MR) is 82.0 cm³/mol. The highest BCUT2D eigenvalue weighted by Gasteiger charge is 2.28. The van der Waals surface area contributed by atoms with Gasteiger partial charge in [0.15, 0.2) is 0 Å². The van der Waals surface area contributed by atoms with Gasteiger partial charge in [0.1, 0.15) is 11.6 Å². The molecule has 20 heavy (non-hydrogen) atoms. The molecule has 0 heterocycles. The van der Waals surface area contributed by atoms with E-state index in [0.717, 1.165) is 44.6 Å². The zero-order valence-electron chi connectivity index (χ0n) is 13.1. The molecule has 0 spiro atoms. The normalized spacial score (nSPS) is 11.8. The first kappa shape index (κ1) is 17.1. The molecule has 0 aliphatic rings. The monoisotopic (exact) mass is 282 g/mol. The minimum atomic E-state index is -0.490. The third-order valence-electron chi connectivity index (χ3n) is 4.25. The van der Waals surface area contributed by atoms with Crippen molar-refractivity contribution >= 4 is 0 Å². The maximum atomic E-state index is 14.1. The van der Waals surface area contributed by atoms with Crippen LogP contribution in [0.2, 0.25) is 0 Å². The molecule has 0 unspecified atom stereocenters.